The maximum Gasteiger partial charge on any atom is 0.168 e. The van der Waals surface area contributed by atoms with Gasteiger partial charge in [0.1, 0.15) is 0 Å². The molecule has 0 fully saturated rings. The summed E-state index contributed by atoms with van der Waals surface area (Å²) in [4.78, 5) is 0. The molecule has 2 aromatic carbocycles. The molecule has 0 radical (unpaired) electrons. The highest BCUT2D eigenvalue weighted by molar-refractivity contribution is 5.78. The Morgan fingerprint density at radius 2 is 0.882 bits per heavy atom. The highest BCUT2D eigenvalue weighted by Crippen LogP contribution is 2.44. The second kappa shape index (κ2) is 29.1. The summed E-state index contributed by atoms with van der Waals surface area (Å²) >= 11 is 0. The van der Waals surface area contributed by atoms with Crippen molar-refractivity contribution in [3.8, 4) is 34.1 Å². The largest absolute Gasteiger partial charge is 0.493 e. The first kappa shape index (κ1) is 44.8. The van der Waals surface area contributed by atoms with Crippen LogP contribution in [0.4, 0.5) is 0 Å². The lowest BCUT2D eigenvalue weighted by molar-refractivity contribution is 0.147. The van der Waals surface area contributed by atoms with Crippen molar-refractivity contribution in [2.75, 3.05) is 28.4 Å². The normalized spacial score (nSPS) is 11.9. The van der Waals surface area contributed by atoms with Crippen LogP contribution < -0.4 is 18.9 Å². The summed E-state index contributed by atoms with van der Waals surface area (Å²) in [6, 6.07) is 8.70. The zero-order valence-electron chi connectivity index (χ0n) is 34.1. The van der Waals surface area contributed by atoms with E-state index in [1.54, 1.807) is 28.4 Å². The number of hydrogen-bond acceptors (Lipinski definition) is 5. The van der Waals surface area contributed by atoms with Gasteiger partial charge in [0, 0.05) is 5.56 Å². The Morgan fingerprint density at radius 1 is 0.451 bits per heavy atom. The Morgan fingerprint density at radius 3 is 1.33 bits per heavy atom. The van der Waals surface area contributed by atoms with E-state index in [1.807, 2.05) is 0 Å². The van der Waals surface area contributed by atoms with Gasteiger partial charge in [0.15, 0.2) is 23.0 Å². The number of aryl methyl sites for hydroxylation is 2. The van der Waals surface area contributed by atoms with E-state index >= 15 is 0 Å². The molecule has 51 heavy (non-hydrogen) atoms. The fraction of sp³-hybridized carbons (Fsp3) is 0.739. The molecule has 0 aliphatic carbocycles. The van der Waals surface area contributed by atoms with Gasteiger partial charge in [0.25, 0.3) is 0 Å². The van der Waals surface area contributed by atoms with Gasteiger partial charge in [-0.05, 0) is 67.3 Å². The molecule has 1 atom stereocenters. The summed E-state index contributed by atoms with van der Waals surface area (Å²) in [5.41, 5.74) is 4.43. The number of benzene rings is 2. The van der Waals surface area contributed by atoms with E-state index in [4.69, 9.17) is 18.9 Å². The predicted molar refractivity (Wildman–Crippen MR) is 218 cm³/mol. The molecular formula is C46H78O5. The van der Waals surface area contributed by atoms with Gasteiger partial charge in [-0.2, -0.15) is 0 Å². The Balaban J connectivity index is 1.89. The number of hydrogen-bond donors (Lipinski definition) is 1. The van der Waals surface area contributed by atoms with Crippen molar-refractivity contribution in [1.82, 2.24) is 0 Å². The number of aliphatic hydroxyl groups is 1. The fourth-order valence-electron chi connectivity index (χ4n) is 7.53. The third kappa shape index (κ3) is 17.8. The lowest BCUT2D eigenvalue weighted by atomic mass is 9.95. The molecule has 0 heterocycles. The highest BCUT2D eigenvalue weighted by atomic mass is 16.5. The van der Waals surface area contributed by atoms with Crippen molar-refractivity contribution in [2.24, 2.45) is 0 Å². The molecular weight excluding hydrogens is 633 g/mol. The quantitative estimate of drug-likeness (QED) is 0.0747. The van der Waals surface area contributed by atoms with Crippen LogP contribution in [0.5, 0.6) is 23.0 Å². The molecule has 0 aliphatic rings. The number of methoxy groups -OCH3 is 4. The molecule has 5 nitrogen and oxygen atoms in total. The van der Waals surface area contributed by atoms with Gasteiger partial charge < -0.3 is 24.1 Å². The minimum Gasteiger partial charge on any atom is -0.493 e. The SMILES string of the molecule is CCCCCCCCCCCCCCCc1cc(-c2ccc(CCCCCCC[C@H](O)CCCCCCC)c(OC)c2OC)cc(OC)c1OC. The lowest BCUT2D eigenvalue weighted by Crippen LogP contribution is -2.05. The summed E-state index contributed by atoms with van der Waals surface area (Å²) < 4.78 is 23.7. The maximum atomic E-state index is 10.3. The smallest absolute Gasteiger partial charge is 0.168 e. The van der Waals surface area contributed by atoms with Gasteiger partial charge in [-0.15, -0.1) is 0 Å². The summed E-state index contributed by atoms with van der Waals surface area (Å²) in [7, 11) is 6.94. The first-order chi connectivity index (χ1) is 25.0. The third-order valence-corrected chi connectivity index (χ3v) is 10.6. The van der Waals surface area contributed by atoms with Gasteiger partial charge in [-0.1, -0.05) is 161 Å². The molecule has 1 N–H and O–H groups in total. The summed E-state index contributed by atoms with van der Waals surface area (Å²) in [6.07, 6.45) is 33.4. The minimum absolute atomic E-state index is 0.122. The van der Waals surface area contributed by atoms with Crippen LogP contribution in [0.3, 0.4) is 0 Å². The third-order valence-electron chi connectivity index (χ3n) is 10.6. The topological polar surface area (TPSA) is 57.2 Å². The lowest BCUT2D eigenvalue weighted by Gasteiger charge is -2.19. The van der Waals surface area contributed by atoms with Crippen LogP contribution in [-0.4, -0.2) is 39.6 Å². The van der Waals surface area contributed by atoms with Crippen LogP contribution >= 0.6 is 0 Å². The first-order valence-corrected chi connectivity index (χ1v) is 21.2. The van der Waals surface area contributed by atoms with Crippen molar-refractivity contribution in [2.45, 2.75) is 193 Å². The number of ether oxygens (including phenoxy) is 4. The number of aliphatic hydroxyl groups excluding tert-OH is 1. The molecule has 0 spiro atoms. The molecule has 0 amide bonds. The monoisotopic (exact) mass is 711 g/mol. The van der Waals surface area contributed by atoms with Crippen molar-refractivity contribution in [3.05, 3.63) is 35.4 Å². The maximum absolute atomic E-state index is 10.3. The average molecular weight is 711 g/mol. The van der Waals surface area contributed by atoms with Gasteiger partial charge in [-0.25, -0.2) is 0 Å². The first-order valence-electron chi connectivity index (χ1n) is 21.2. The molecule has 0 bridgehead atoms. The van der Waals surface area contributed by atoms with Crippen molar-refractivity contribution >= 4 is 0 Å². The van der Waals surface area contributed by atoms with Gasteiger partial charge in [-0.3, -0.25) is 0 Å². The van der Waals surface area contributed by atoms with E-state index in [-0.39, 0.29) is 6.10 Å². The van der Waals surface area contributed by atoms with E-state index < -0.39 is 0 Å². The zero-order chi connectivity index (χ0) is 36.9. The van der Waals surface area contributed by atoms with E-state index in [2.05, 4.69) is 38.1 Å². The van der Waals surface area contributed by atoms with Crippen molar-refractivity contribution < 1.29 is 24.1 Å². The highest BCUT2D eigenvalue weighted by Gasteiger charge is 2.20. The van der Waals surface area contributed by atoms with Gasteiger partial charge >= 0.3 is 0 Å². The average Bonchev–Trinajstić information content (AvgIpc) is 3.15. The standard InChI is InChI=1S/C46H78O5/c1-7-9-11-13-14-15-16-17-18-19-20-23-27-31-39-36-40(37-43(48-3)44(39)49-4)42-35-34-38(45(50-5)46(42)51-6)30-26-24-21-25-29-33-41(47)32-28-22-12-10-8-2/h34-37,41,47H,7-33H2,1-6H3/t41-/m1/s1. The van der Waals surface area contributed by atoms with Crippen LogP contribution in [0.1, 0.15) is 185 Å². The van der Waals surface area contributed by atoms with E-state index in [1.165, 1.54) is 133 Å². The molecule has 0 aliphatic heterocycles. The second-order valence-corrected chi connectivity index (χ2v) is 14.9. The Labute approximate surface area is 314 Å². The Kier molecular flexibility index (Phi) is 25.5. The molecule has 292 valence electrons. The molecule has 5 heteroatoms. The van der Waals surface area contributed by atoms with Gasteiger partial charge in [0.2, 0.25) is 0 Å². The second-order valence-electron chi connectivity index (χ2n) is 14.9. The van der Waals surface area contributed by atoms with E-state index in [9.17, 15) is 5.11 Å². The van der Waals surface area contributed by atoms with Crippen molar-refractivity contribution in [1.29, 1.82) is 0 Å². The molecule has 2 rings (SSSR count). The van der Waals surface area contributed by atoms with Crippen LogP contribution in [-0.2, 0) is 12.8 Å². The molecule has 0 unspecified atom stereocenters. The predicted octanol–water partition coefficient (Wildman–Crippen LogP) is 13.6. The Bertz CT molecular complexity index is 1140. The van der Waals surface area contributed by atoms with Gasteiger partial charge in [0.05, 0.1) is 34.5 Å². The van der Waals surface area contributed by atoms with E-state index in [0.717, 1.165) is 85.5 Å². The number of unbranched alkanes of at least 4 members (excludes halogenated alkanes) is 20. The van der Waals surface area contributed by atoms with Crippen molar-refractivity contribution in [3.63, 3.8) is 0 Å². The van der Waals surface area contributed by atoms with E-state index in [0.29, 0.717) is 0 Å². The van der Waals surface area contributed by atoms with Crippen LogP contribution in [0.2, 0.25) is 0 Å². The van der Waals surface area contributed by atoms with Crippen LogP contribution in [0.25, 0.3) is 11.1 Å². The number of rotatable bonds is 33. The van der Waals surface area contributed by atoms with Crippen LogP contribution in [0, 0.1) is 0 Å². The zero-order valence-corrected chi connectivity index (χ0v) is 34.1. The molecule has 2 aromatic rings. The van der Waals surface area contributed by atoms with Crippen LogP contribution in [0.15, 0.2) is 24.3 Å². The molecule has 0 saturated carbocycles. The molecule has 0 saturated heterocycles. The summed E-state index contributed by atoms with van der Waals surface area (Å²) in [6.45, 7) is 4.53. The Hall–Kier alpha value is -2.40. The minimum atomic E-state index is -0.122. The summed E-state index contributed by atoms with van der Waals surface area (Å²) in [5, 5.41) is 10.3. The molecule has 0 aromatic heterocycles. The summed E-state index contributed by atoms with van der Waals surface area (Å²) in [5.74, 6) is 3.19. The fourth-order valence-corrected chi connectivity index (χ4v) is 7.53.